The van der Waals surface area contributed by atoms with Gasteiger partial charge >= 0.3 is 0 Å². The number of allylic oxidation sites excluding steroid dienone is 2. The van der Waals surface area contributed by atoms with Gasteiger partial charge in [0.2, 0.25) is 0 Å². The molecule has 2 aliphatic rings. The number of hydrogen-bond acceptors (Lipinski definition) is 8. The number of rotatable bonds is 4. The van der Waals surface area contributed by atoms with Gasteiger partial charge in [0.05, 0.1) is 33.2 Å². The topological polar surface area (TPSA) is 148 Å². The maximum Gasteiger partial charge on any atom is 0.160 e. The minimum absolute atomic E-state index is 0.404. The van der Waals surface area contributed by atoms with Crippen molar-refractivity contribution in [2.45, 2.75) is 26.3 Å². The monoisotopic (exact) mass is 578 g/mol. The van der Waals surface area contributed by atoms with E-state index in [0.29, 0.717) is 56.1 Å². The number of para-hydroxylation sites is 4. The molecule has 0 radical (unpaired) electrons. The molecular weight excluding hydrogens is 552 g/mol. The van der Waals surface area contributed by atoms with E-state index in [1.165, 1.54) is 0 Å². The highest BCUT2D eigenvalue weighted by atomic mass is 16.3. The molecule has 2 unspecified atom stereocenters. The molecule has 0 saturated carbocycles. The lowest BCUT2D eigenvalue weighted by Crippen LogP contribution is -2.20. The lowest BCUT2D eigenvalue weighted by Gasteiger charge is -2.26. The zero-order chi connectivity index (χ0) is 30.5. The van der Waals surface area contributed by atoms with Gasteiger partial charge in [0.15, 0.2) is 24.1 Å². The molecule has 5 aromatic rings. The molecule has 0 saturated heterocycles. The van der Waals surface area contributed by atoms with Gasteiger partial charge in [-0.05, 0) is 67.5 Å². The van der Waals surface area contributed by atoms with Crippen molar-refractivity contribution in [1.29, 1.82) is 10.5 Å². The second-order valence-corrected chi connectivity index (χ2v) is 10.6. The Kier molecular flexibility index (Phi) is 6.37. The Bertz CT molecular complexity index is 2060. The highest BCUT2D eigenvalue weighted by Crippen LogP contribution is 2.40. The fourth-order valence-electron chi connectivity index (χ4n) is 5.88. The van der Waals surface area contributed by atoms with Crippen LogP contribution in [0.4, 0.5) is 11.4 Å². The van der Waals surface area contributed by atoms with Crippen LogP contribution >= 0.6 is 0 Å². The van der Waals surface area contributed by atoms with Crippen LogP contribution in [0, 0.1) is 22.7 Å². The number of aromatic nitrogens is 4. The average molecular weight is 579 g/mol. The summed E-state index contributed by atoms with van der Waals surface area (Å²) in [5.41, 5.74) is 7.56. The van der Waals surface area contributed by atoms with E-state index in [9.17, 15) is 20.7 Å². The molecule has 4 heterocycles. The number of hydrogen-bond donors (Lipinski definition) is 4. The number of nitrogens with one attached hydrogen (secondary N) is 2. The molecule has 0 aliphatic carbocycles. The number of aliphatic hydroxyl groups excluding tert-OH is 2. The van der Waals surface area contributed by atoms with Gasteiger partial charge in [-0.25, -0.2) is 9.97 Å². The van der Waals surface area contributed by atoms with E-state index in [4.69, 9.17) is 0 Å². The van der Waals surface area contributed by atoms with Crippen LogP contribution in [0.5, 0.6) is 0 Å². The smallest absolute Gasteiger partial charge is 0.160 e. The van der Waals surface area contributed by atoms with Crippen LogP contribution in [0.15, 0.2) is 107 Å². The Morgan fingerprint density at radius 2 is 1.11 bits per heavy atom. The van der Waals surface area contributed by atoms with E-state index in [2.05, 4.69) is 32.7 Å². The molecule has 4 N–H and O–H groups in total. The maximum atomic E-state index is 11.4. The van der Waals surface area contributed by atoms with E-state index >= 15 is 0 Å². The minimum atomic E-state index is -1.03. The zero-order valence-electron chi connectivity index (χ0n) is 23.8. The summed E-state index contributed by atoms with van der Waals surface area (Å²) in [7, 11) is 0. The van der Waals surface area contributed by atoms with Crippen LogP contribution in [0.25, 0.3) is 33.2 Å². The second kappa shape index (κ2) is 10.4. The standard InChI is InChI=1S/C34H26N8O2/c1-19-23(15-35)31-39-27-10-3-5-12-29(27)41(31)33(43)25(19)17-37-21-8-7-9-22(14-21)38-18-26-20(2)24(16-36)32-40-28-11-4-6-13-30(28)42(32)34(26)44/h3-14,17-18,33-34,37-38,43-44H,1-2H3/b25-17-,26-18-. The molecule has 0 spiro atoms. The van der Waals surface area contributed by atoms with Gasteiger partial charge in [0.25, 0.3) is 0 Å². The van der Waals surface area contributed by atoms with Crippen molar-refractivity contribution in [3.63, 3.8) is 0 Å². The molecule has 44 heavy (non-hydrogen) atoms. The van der Waals surface area contributed by atoms with Gasteiger partial charge in [-0.15, -0.1) is 0 Å². The van der Waals surface area contributed by atoms with E-state index in [1.54, 1.807) is 35.4 Å². The van der Waals surface area contributed by atoms with E-state index < -0.39 is 12.5 Å². The van der Waals surface area contributed by atoms with Gasteiger partial charge < -0.3 is 20.8 Å². The third kappa shape index (κ3) is 4.09. The largest absolute Gasteiger partial charge is 0.369 e. The molecule has 7 rings (SSSR count). The van der Waals surface area contributed by atoms with E-state index in [0.717, 1.165) is 22.4 Å². The molecule has 214 valence electrons. The molecule has 3 aromatic carbocycles. The molecule has 0 fully saturated rings. The number of aliphatic hydroxyl groups is 2. The summed E-state index contributed by atoms with van der Waals surface area (Å²) < 4.78 is 3.35. The van der Waals surface area contributed by atoms with Crippen molar-refractivity contribution >= 4 is 44.6 Å². The van der Waals surface area contributed by atoms with E-state index in [1.807, 2.05) is 72.8 Å². The van der Waals surface area contributed by atoms with Crippen molar-refractivity contribution < 1.29 is 10.2 Å². The summed E-state index contributed by atoms with van der Waals surface area (Å²) in [5.74, 6) is 0.888. The van der Waals surface area contributed by atoms with Crippen molar-refractivity contribution in [2.24, 2.45) is 0 Å². The normalized spacial score (nSPS) is 19.7. The summed E-state index contributed by atoms with van der Waals surface area (Å²) in [4.78, 5) is 9.18. The Hall–Kier alpha value is -5.94. The van der Waals surface area contributed by atoms with Crippen molar-refractivity contribution in [3.05, 3.63) is 119 Å². The highest BCUT2D eigenvalue weighted by Gasteiger charge is 2.32. The van der Waals surface area contributed by atoms with Crippen molar-refractivity contribution in [1.82, 2.24) is 19.1 Å². The number of nitrogens with zero attached hydrogens (tertiary/aromatic N) is 6. The average Bonchev–Trinajstić information content (AvgIpc) is 3.61. The summed E-state index contributed by atoms with van der Waals surface area (Å²) in [6, 6.07) is 27.0. The Labute approximate surface area is 252 Å². The quantitative estimate of drug-likeness (QED) is 0.204. The van der Waals surface area contributed by atoms with Crippen LogP contribution in [0.2, 0.25) is 0 Å². The van der Waals surface area contributed by atoms with Gasteiger partial charge in [0.1, 0.15) is 12.1 Å². The predicted octanol–water partition coefficient (Wildman–Crippen LogP) is 5.98. The fraction of sp³-hybridized carbons (Fsp3) is 0.118. The first-order valence-electron chi connectivity index (χ1n) is 14.0. The maximum absolute atomic E-state index is 11.4. The van der Waals surface area contributed by atoms with E-state index in [-0.39, 0.29) is 0 Å². The van der Waals surface area contributed by atoms with Crippen molar-refractivity contribution in [3.8, 4) is 12.1 Å². The second-order valence-electron chi connectivity index (χ2n) is 10.6. The zero-order valence-corrected chi connectivity index (χ0v) is 23.8. The minimum Gasteiger partial charge on any atom is -0.369 e. The van der Waals surface area contributed by atoms with Crippen LogP contribution in [0.3, 0.4) is 0 Å². The lowest BCUT2D eigenvalue weighted by molar-refractivity contribution is 0.145. The third-order valence-corrected chi connectivity index (χ3v) is 8.18. The summed E-state index contributed by atoms with van der Waals surface area (Å²) in [6.45, 7) is 3.61. The number of anilines is 2. The number of imidazole rings is 2. The van der Waals surface area contributed by atoms with Crippen LogP contribution < -0.4 is 10.6 Å². The third-order valence-electron chi connectivity index (χ3n) is 8.18. The molecular formula is C34H26N8O2. The predicted molar refractivity (Wildman–Crippen MR) is 168 cm³/mol. The molecule has 10 heteroatoms. The Balaban J connectivity index is 1.18. The summed E-state index contributed by atoms with van der Waals surface area (Å²) in [6.07, 6.45) is 1.34. The molecule has 2 aromatic heterocycles. The fourth-order valence-corrected chi connectivity index (χ4v) is 5.88. The first-order valence-corrected chi connectivity index (χ1v) is 14.0. The van der Waals surface area contributed by atoms with Gasteiger partial charge in [0, 0.05) is 34.9 Å². The van der Waals surface area contributed by atoms with Gasteiger partial charge in [-0.1, -0.05) is 30.3 Å². The molecule has 10 nitrogen and oxygen atoms in total. The molecule has 0 amide bonds. The Morgan fingerprint density at radius 3 is 1.55 bits per heavy atom. The van der Waals surface area contributed by atoms with Crippen LogP contribution in [0.1, 0.15) is 38.0 Å². The first kappa shape index (κ1) is 26.9. The molecule has 2 atom stereocenters. The SMILES string of the molecule is CC1=C(C#N)c2nc3ccccc3n2C(O)/C1=C\Nc1cccc(N/C=C2/C(C)=C(C#N)c3nc4ccccc4n3C2O)c1. The van der Waals surface area contributed by atoms with Gasteiger partial charge in [-0.2, -0.15) is 10.5 Å². The molecule has 0 bridgehead atoms. The van der Waals surface area contributed by atoms with Gasteiger partial charge in [-0.3, -0.25) is 9.13 Å². The number of fused-ring (bicyclic) bond motifs is 6. The Morgan fingerprint density at radius 1 is 0.682 bits per heavy atom. The van der Waals surface area contributed by atoms with Crippen LogP contribution in [-0.2, 0) is 0 Å². The summed E-state index contributed by atoms with van der Waals surface area (Å²) in [5, 5.41) is 49.1. The van der Waals surface area contributed by atoms with Crippen molar-refractivity contribution in [2.75, 3.05) is 10.6 Å². The number of benzene rings is 3. The summed E-state index contributed by atoms with van der Waals surface area (Å²) >= 11 is 0. The lowest BCUT2D eigenvalue weighted by atomic mass is 9.97. The molecule has 2 aliphatic heterocycles. The highest BCUT2D eigenvalue weighted by molar-refractivity contribution is 5.89. The number of nitriles is 2. The van der Waals surface area contributed by atoms with Crippen LogP contribution in [-0.4, -0.2) is 29.3 Å². The first-order chi connectivity index (χ1) is 21.4.